The highest BCUT2D eigenvalue weighted by atomic mass is 16.6. The highest BCUT2D eigenvalue weighted by molar-refractivity contribution is 6.28. The van der Waals surface area contributed by atoms with Crippen LogP contribution in [-0.4, -0.2) is 62.4 Å². The summed E-state index contributed by atoms with van der Waals surface area (Å²) >= 11 is 0. The zero-order valence-corrected chi connectivity index (χ0v) is 13.0. The molecule has 2 aliphatic rings. The van der Waals surface area contributed by atoms with Crippen molar-refractivity contribution >= 4 is 11.5 Å². The Bertz CT molecular complexity index is 666. The number of carbonyl (C=O) groups is 1. The first-order valence-corrected chi connectivity index (χ1v) is 7.15. The van der Waals surface area contributed by atoms with Gasteiger partial charge < -0.3 is 19.4 Å². The highest BCUT2D eigenvalue weighted by Gasteiger charge is 2.39. The summed E-state index contributed by atoms with van der Waals surface area (Å²) in [5.74, 6) is 0.0355. The predicted molar refractivity (Wildman–Crippen MR) is 82.6 cm³/mol. The zero-order valence-electron chi connectivity index (χ0n) is 13.0. The van der Waals surface area contributed by atoms with Gasteiger partial charge in [-0.15, -0.1) is 0 Å². The van der Waals surface area contributed by atoms with E-state index < -0.39 is 0 Å². The van der Waals surface area contributed by atoms with Gasteiger partial charge in [0.1, 0.15) is 18.0 Å². The van der Waals surface area contributed by atoms with Crippen LogP contribution in [0.4, 0.5) is 0 Å². The van der Waals surface area contributed by atoms with E-state index in [1.54, 1.807) is 7.11 Å². The summed E-state index contributed by atoms with van der Waals surface area (Å²) in [5.41, 5.74) is 3.68. The number of fused-ring (bicyclic) bond motifs is 1. The molecule has 0 amide bonds. The number of hydrogen-bond donors (Lipinski definition) is 0. The lowest BCUT2D eigenvalue weighted by atomic mass is 9.90. The molecule has 0 N–H and O–H groups in total. The van der Waals surface area contributed by atoms with Gasteiger partial charge in [0.2, 0.25) is 5.78 Å². The number of allylic oxidation sites excluding steroid dienone is 2. The average Bonchev–Trinajstić information content (AvgIpc) is 2.81. The number of Topliss-reactive ketones (excluding diaryl/α,β-unsaturated/α-hetero) is 1. The lowest BCUT2D eigenvalue weighted by molar-refractivity contribution is 0.0750. The largest absolute Gasteiger partial charge is 0.393 e. The summed E-state index contributed by atoms with van der Waals surface area (Å²) in [4.78, 5) is 22.1. The average molecular weight is 301 g/mol. The SMILES string of the molecule is COCCO/N=C1\C2=C(C(=O)c3ccccc31)N(C)CN2C. The molecule has 0 radical (unpaired) electrons. The number of rotatable bonds is 4. The Morgan fingerprint density at radius 2 is 1.77 bits per heavy atom. The normalized spacial score (nSPS) is 18.9. The predicted octanol–water partition coefficient (Wildman–Crippen LogP) is 1.30. The Balaban J connectivity index is 2.07. The molecule has 1 aliphatic heterocycles. The van der Waals surface area contributed by atoms with Crippen LogP contribution in [-0.2, 0) is 9.57 Å². The molecule has 0 bridgehead atoms. The summed E-state index contributed by atoms with van der Waals surface area (Å²) in [7, 11) is 5.48. The summed E-state index contributed by atoms with van der Waals surface area (Å²) in [6.07, 6.45) is 0. The first-order valence-electron chi connectivity index (χ1n) is 7.15. The second kappa shape index (κ2) is 5.81. The molecule has 6 heteroatoms. The van der Waals surface area contributed by atoms with Gasteiger partial charge in [0, 0.05) is 32.3 Å². The minimum atomic E-state index is 0.0355. The van der Waals surface area contributed by atoms with Gasteiger partial charge in [-0.1, -0.05) is 29.4 Å². The molecular weight excluding hydrogens is 282 g/mol. The van der Waals surface area contributed by atoms with E-state index in [4.69, 9.17) is 9.57 Å². The molecule has 0 spiro atoms. The minimum Gasteiger partial charge on any atom is -0.393 e. The van der Waals surface area contributed by atoms with Crippen molar-refractivity contribution in [2.24, 2.45) is 5.16 Å². The third-order valence-electron chi connectivity index (χ3n) is 3.81. The van der Waals surface area contributed by atoms with E-state index >= 15 is 0 Å². The monoisotopic (exact) mass is 301 g/mol. The lowest BCUT2D eigenvalue weighted by Crippen LogP contribution is -2.27. The fraction of sp³-hybridized carbons (Fsp3) is 0.375. The van der Waals surface area contributed by atoms with Gasteiger partial charge in [0.15, 0.2) is 0 Å². The molecule has 6 nitrogen and oxygen atoms in total. The Hall–Kier alpha value is -2.34. The summed E-state index contributed by atoms with van der Waals surface area (Å²) in [6.45, 7) is 1.50. The van der Waals surface area contributed by atoms with Gasteiger partial charge >= 0.3 is 0 Å². The molecule has 1 heterocycles. The standard InChI is InChI=1S/C16H19N3O3/c1-18-10-19(2)15-14(18)13(17-22-9-8-21-3)11-6-4-5-7-12(11)16(15)20/h4-7H,8-10H2,1-3H3/b17-13-. The molecule has 0 aromatic heterocycles. The number of ketones is 1. The number of hydrogen-bond acceptors (Lipinski definition) is 6. The molecule has 1 aromatic carbocycles. The van der Waals surface area contributed by atoms with Gasteiger partial charge in [-0.2, -0.15) is 0 Å². The molecule has 116 valence electrons. The molecule has 0 atom stereocenters. The molecule has 1 aliphatic carbocycles. The van der Waals surface area contributed by atoms with Gasteiger partial charge in [-0.05, 0) is 0 Å². The quantitative estimate of drug-likeness (QED) is 0.620. The Kier molecular flexibility index (Phi) is 3.85. The van der Waals surface area contributed by atoms with Gasteiger partial charge in [0.25, 0.3) is 0 Å². The Morgan fingerprint density at radius 3 is 2.50 bits per heavy atom. The number of methoxy groups -OCH3 is 1. The van der Waals surface area contributed by atoms with Crippen LogP contribution < -0.4 is 0 Å². The number of nitrogens with zero attached hydrogens (tertiary/aromatic N) is 3. The van der Waals surface area contributed by atoms with E-state index in [9.17, 15) is 4.79 Å². The smallest absolute Gasteiger partial charge is 0.211 e. The van der Waals surface area contributed by atoms with E-state index in [0.29, 0.717) is 36.9 Å². The van der Waals surface area contributed by atoms with Crippen molar-refractivity contribution in [2.75, 3.05) is 41.1 Å². The lowest BCUT2D eigenvalue weighted by Gasteiger charge is -2.22. The van der Waals surface area contributed by atoms with E-state index in [0.717, 1.165) is 11.3 Å². The number of ether oxygens (including phenoxy) is 1. The number of benzene rings is 1. The summed E-state index contributed by atoms with van der Waals surface area (Å²) < 4.78 is 4.96. The van der Waals surface area contributed by atoms with Gasteiger partial charge in [-0.3, -0.25) is 4.79 Å². The van der Waals surface area contributed by atoms with Gasteiger partial charge in [0.05, 0.1) is 19.0 Å². The van der Waals surface area contributed by atoms with Crippen molar-refractivity contribution in [1.82, 2.24) is 9.80 Å². The number of oxime groups is 1. The zero-order chi connectivity index (χ0) is 15.7. The highest BCUT2D eigenvalue weighted by Crippen LogP contribution is 2.33. The maximum Gasteiger partial charge on any atom is 0.211 e. The van der Waals surface area contributed by atoms with Crippen LogP contribution in [0.25, 0.3) is 0 Å². The van der Waals surface area contributed by atoms with Crippen molar-refractivity contribution in [3.8, 4) is 0 Å². The summed E-state index contributed by atoms with van der Waals surface area (Å²) in [6, 6.07) is 7.51. The Labute approximate surface area is 129 Å². The number of likely N-dealkylation sites (N-methyl/N-ethyl adjacent to an activating group) is 2. The van der Waals surface area contributed by atoms with Crippen LogP contribution in [0, 0.1) is 0 Å². The van der Waals surface area contributed by atoms with Crippen LogP contribution in [0.1, 0.15) is 15.9 Å². The molecule has 22 heavy (non-hydrogen) atoms. The first-order chi connectivity index (χ1) is 10.6. The topological polar surface area (TPSA) is 54.4 Å². The molecule has 3 rings (SSSR count). The maximum absolute atomic E-state index is 12.7. The van der Waals surface area contributed by atoms with E-state index in [2.05, 4.69) is 5.16 Å². The maximum atomic E-state index is 12.7. The second-order valence-electron chi connectivity index (χ2n) is 5.38. The van der Waals surface area contributed by atoms with Crippen molar-refractivity contribution in [1.29, 1.82) is 0 Å². The van der Waals surface area contributed by atoms with Gasteiger partial charge in [-0.25, -0.2) is 0 Å². The van der Waals surface area contributed by atoms with Crippen molar-refractivity contribution in [3.63, 3.8) is 0 Å². The molecule has 0 saturated carbocycles. The van der Waals surface area contributed by atoms with Crippen molar-refractivity contribution in [3.05, 3.63) is 46.8 Å². The Morgan fingerprint density at radius 1 is 1.09 bits per heavy atom. The molecular formula is C16H19N3O3. The third-order valence-corrected chi connectivity index (χ3v) is 3.81. The van der Waals surface area contributed by atoms with Crippen molar-refractivity contribution < 1.29 is 14.4 Å². The van der Waals surface area contributed by atoms with Crippen LogP contribution in [0.3, 0.4) is 0 Å². The van der Waals surface area contributed by atoms with Crippen LogP contribution in [0.15, 0.2) is 40.8 Å². The van der Waals surface area contributed by atoms with Crippen LogP contribution >= 0.6 is 0 Å². The minimum absolute atomic E-state index is 0.0355. The second-order valence-corrected chi connectivity index (χ2v) is 5.38. The van der Waals surface area contributed by atoms with Crippen LogP contribution in [0.5, 0.6) is 0 Å². The molecule has 0 fully saturated rings. The van der Waals surface area contributed by atoms with E-state index in [1.165, 1.54) is 0 Å². The molecule has 0 unspecified atom stereocenters. The molecule has 1 aromatic rings. The fourth-order valence-electron chi connectivity index (χ4n) is 2.86. The number of carbonyl (C=O) groups excluding carboxylic acids is 1. The van der Waals surface area contributed by atoms with Crippen molar-refractivity contribution in [2.45, 2.75) is 0 Å². The van der Waals surface area contributed by atoms with E-state index in [-0.39, 0.29) is 5.78 Å². The van der Waals surface area contributed by atoms with E-state index in [1.807, 2.05) is 48.2 Å². The first kappa shape index (κ1) is 14.6. The van der Waals surface area contributed by atoms with Crippen LogP contribution in [0.2, 0.25) is 0 Å². The molecule has 0 saturated heterocycles. The third kappa shape index (κ3) is 2.25. The summed E-state index contributed by atoms with van der Waals surface area (Å²) in [5, 5.41) is 4.28. The fourth-order valence-corrected chi connectivity index (χ4v) is 2.86.